The van der Waals surface area contributed by atoms with E-state index in [0.717, 1.165) is 17.0 Å². The maximum Gasteiger partial charge on any atom is 0.213 e. The molecule has 1 fully saturated rings. The van der Waals surface area contributed by atoms with Crippen LogP contribution in [0.2, 0.25) is 0 Å². The van der Waals surface area contributed by atoms with Gasteiger partial charge in [-0.25, -0.2) is 9.97 Å². The van der Waals surface area contributed by atoms with Crippen LogP contribution in [0.15, 0.2) is 24.7 Å². The molecule has 0 spiro atoms. The Morgan fingerprint density at radius 2 is 2.08 bits per heavy atom. The molecule has 0 radical (unpaired) electrons. The fourth-order valence-electron chi connectivity index (χ4n) is 4.72. The van der Waals surface area contributed by atoms with Gasteiger partial charge >= 0.3 is 0 Å². The van der Waals surface area contributed by atoms with Crippen molar-refractivity contribution in [1.82, 2.24) is 14.5 Å². The van der Waals surface area contributed by atoms with Crippen LogP contribution in [0.4, 0.5) is 0 Å². The number of nitrogens with zero attached hydrogens (tertiary/aromatic N) is 3. The van der Waals surface area contributed by atoms with Gasteiger partial charge in [-0.1, -0.05) is 13.8 Å². The number of methoxy groups -OCH3 is 1. The van der Waals surface area contributed by atoms with E-state index in [4.69, 9.17) is 15.5 Å². The molecule has 2 N–H and O–H groups in total. The number of hydrogen-bond acceptors (Lipinski definition) is 4. The zero-order valence-corrected chi connectivity index (χ0v) is 15.4. The van der Waals surface area contributed by atoms with Crippen LogP contribution in [0.25, 0.3) is 11.3 Å². The van der Waals surface area contributed by atoms with Crippen molar-refractivity contribution in [2.24, 2.45) is 23.0 Å². The standard InChI is InChI=1S/C20H28N4O/c1-20(2)8-6-13(7-9-20)15(10-21)19-18-14(4-5-17(23-18)25-3)16-11-22-12-24(16)19/h4-5,11-13,15,19H,6-10,21H2,1-3H3. The maximum absolute atomic E-state index is 6.31. The van der Waals surface area contributed by atoms with E-state index in [0.29, 0.717) is 29.7 Å². The molecule has 25 heavy (non-hydrogen) atoms. The third-order valence-corrected chi connectivity index (χ3v) is 6.30. The van der Waals surface area contributed by atoms with E-state index in [9.17, 15) is 0 Å². The number of hydrogen-bond donors (Lipinski definition) is 1. The largest absolute Gasteiger partial charge is 0.481 e. The summed E-state index contributed by atoms with van der Waals surface area (Å²) in [5, 5.41) is 0. The Balaban J connectivity index is 1.71. The molecular formula is C20H28N4O. The van der Waals surface area contributed by atoms with Crippen molar-refractivity contribution in [2.45, 2.75) is 45.6 Å². The van der Waals surface area contributed by atoms with E-state index in [1.807, 2.05) is 18.6 Å². The van der Waals surface area contributed by atoms with Gasteiger partial charge in [-0.3, -0.25) is 0 Å². The Morgan fingerprint density at radius 1 is 1.32 bits per heavy atom. The van der Waals surface area contributed by atoms with Crippen molar-refractivity contribution >= 4 is 0 Å². The van der Waals surface area contributed by atoms with Gasteiger partial charge in [-0.05, 0) is 49.6 Å². The van der Waals surface area contributed by atoms with Crippen LogP contribution in [0.5, 0.6) is 5.88 Å². The highest BCUT2D eigenvalue weighted by molar-refractivity contribution is 5.67. The lowest BCUT2D eigenvalue weighted by Gasteiger charge is -2.40. The normalized spacial score (nSPS) is 23.1. The van der Waals surface area contributed by atoms with E-state index < -0.39 is 0 Å². The lowest BCUT2D eigenvalue weighted by atomic mass is 9.68. The number of pyridine rings is 1. The third kappa shape index (κ3) is 2.74. The smallest absolute Gasteiger partial charge is 0.213 e. The minimum Gasteiger partial charge on any atom is -0.481 e. The first-order valence-corrected chi connectivity index (χ1v) is 9.31. The minimum atomic E-state index is 0.166. The Bertz CT molecular complexity index is 757. The first-order valence-electron chi connectivity index (χ1n) is 9.31. The molecule has 1 aliphatic carbocycles. The van der Waals surface area contributed by atoms with Crippen LogP contribution in [-0.2, 0) is 0 Å². The second kappa shape index (κ2) is 6.13. The van der Waals surface area contributed by atoms with Gasteiger partial charge in [0.1, 0.15) is 0 Å². The van der Waals surface area contributed by atoms with Crippen molar-refractivity contribution in [3.05, 3.63) is 30.4 Å². The second-order valence-electron chi connectivity index (χ2n) is 8.32. The monoisotopic (exact) mass is 340 g/mol. The SMILES string of the molecule is COc1ccc2c(n1)C(C(CN)C1CCC(C)(C)CC1)n1cncc1-2. The Hall–Kier alpha value is -1.88. The van der Waals surface area contributed by atoms with Crippen molar-refractivity contribution < 1.29 is 4.74 Å². The molecule has 5 nitrogen and oxygen atoms in total. The van der Waals surface area contributed by atoms with Crippen LogP contribution in [0.3, 0.4) is 0 Å². The lowest BCUT2D eigenvalue weighted by molar-refractivity contribution is 0.131. The molecule has 1 aliphatic heterocycles. The Kier molecular flexibility index (Phi) is 4.07. The molecule has 2 aromatic rings. The number of ether oxygens (including phenoxy) is 1. The Morgan fingerprint density at radius 3 is 2.76 bits per heavy atom. The summed E-state index contributed by atoms with van der Waals surface area (Å²) < 4.78 is 7.65. The maximum atomic E-state index is 6.31. The summed E-state index contributed by atoms with van der Waals surface area (Å²) >= 11 is 0. The quantitative estimate of drug-likeness (QED) is 0.922. The highest BCUT2D eigenvalue weighted by atomic mass is 16.5. The minimum absolute atomic E-state index is 0.166. The van der Waals surface area contributed by atoms with Gasteiger partial charge in [0, 0.05) is 17.5 Å². The topological polar surface area (TPSA) is 66.0 Å². The Labute approximate surface area is 149 Å². The molecule has 2 aromatic heterocycles. The van der Waals surface area contributed by atoms with Gasteiger partial charge in [0.15, 0.2) is 0 Å². The number of nitrogens with two attached hydrogens (primary N) is 1. The number of imidazole rings is 1. The van der Waals surface area contributed by atoms with Crippen molar-refractivity contribution in [3.8, 4) is 17.1 Å². The summed E-state index contributed by atoms with van der Waals surface area (Å²) in [6.07, 6.45) is 8.91. The highest BCUT2D eigenvalue weighted by Gasteiger charge is 2.41. The molecule has 1 saturated carbocycles. The van der Waals surface area contributed by atoms with Gasteiger partial charge in [0.2, 0.25) is 5.88 Å². The predicted molar refractivity (Wildman–Crippen MR) is 98.4 cm³/mol. The van der Waals surface area contributed by atoms with Gasteiger partial charge < -0.3 is 15.0 Å². The zero-order valence-electron chi connectivity index (χ0n) is 15.4. The molecule has 2 unspecified atom stereocenters. The van der Waals surface area contributed by atoms with E-state index in [-0.39, 0.29) is 6.04 Å². The summed E-state index contributed by atoms with van der Waals surface area (Å²) in [5.41, 5.74) is 10.2. The highest BCUT2D eigenvalue weighted by Crippen LogP contribution is 2.49. The van der Waals surface area contributed by atoms with E-state index >= 15 is 0 Å². The first kappa shape index (κ1) is 16.6. The molecule has 0 amide bonds. The summed E-state index contributed by atoms with van der Waals surface area (Å²) in [6, 6.07) is 4.20. The van der Waals surface area contributed by atoms with Crippen molar-refractivity contribution in [3.63, 3.8) is 0 Å². The molecule has 0 saturated heterocycles. The van der Waals surface area contributed by atoms with Crippen LogP contribution in [0, 0.1) is 17.3 Å². The molecule has 2 aliphatic rings. The molecule has 5 heteroatoms. The summed E-state index contributed by atoms with van der Waals surface area (Å²) in [5.74, 6) is 1.69. The van der Waals surface area contributed by atoms with Gasteiger partial charge in [-0.2, -0.15) is 0 Å². The number of rotatable bonds is 4. The molecule has 134 valence electrons. The zero-order chi connectivity index (χ0) is 17.6. The van der Waals surface area contributed by atoms with E-state index in [2.05, 4.69) is 29.5 Å². The van der Waals surface area contributed by atoms with E-state index in [1.54, 1.807) is 7.11 Å². The summed E-state index contributed by atoms with van der Waals surface area (Å²) in [6.45, 7) is 5.43. The van der Waals surface area contributed by atoms with Crippen LogP contribution < -0.4 is 10.5 Å². The summed E-state index contributed by atoms with van der Waals surface area (Å²) in [7, 11) is 1.67. The average Bonchev–Trinajstić information content (AvgIpc) is 3.18. The van der Waals surface area contributed by atoms with Gasteiger partial charge in [-0.15, -0.1) is 0 Å². The van der Waals surface area contributed by atoms with E-state index in [1.165, 1.54) is 25.7 Å². The molecule has 3 heterocycles. The lowest BCUT2D eigenvalue weighted by Crippen LogP contribution is -2.35. The molecule has 0 aromatic carbocycles. The average molecular weight is 340 g/mol. The number of aromatic nitrogens is 3. The fourth-order valence-corrected chi connectivity index (χ4v) is 4.72. The second-order valence-corrected chi connectivity index (χ2v) is 8.32. The molecular weight excluding hydrogens is 312 g/mol. The molecule has 2 atom stereocenters. The fraction of sp³-hybridized carbons (Fsp3) is 0.600. The summed E-state index contributed by atoms with van der Waals surface area (Å²) in [4.78, 5) is 9.19. The van der Waals surface area contributed by atoms with Crippen molar-refractivity contribution in [2.75, 3.05) is 13.7 Å². The van der Waals surface area contributed by atoms with Crippen LogP contribution >= 0.6 is 0 Å². The number of fused-ring (bicyclic) bond motifs is 3. The molecule has 0 bridgehead atoms. The van der Waals surface area contributed by atoms with Crippen LogP contribution in [0.1, 0.15) is 51.3 Å². The van der Waals surface area contributed by atoms with Gasteiger partial charge in [0.25, 0.3) is 0 Å². The van der Waals surface area contributed by atoms with Gasteiger partial charge in [0.05, 0.1) is 37.1 Å². The predicted octanol–water partition coefficient (Wildman–Crippen LogP) is 3.65. The third-order valence-electron chi connectivity index (χ3n) is 6.30. The van der Waals surface area contributed by atoms with Crippen LogP contribution in [-0.4, -0.2) is 28.2 Å². The molecule has 4 rings (SSSR count). The first-order chi connectivity index (χ1) is 12.0. The van der Waals surface area contributed by atoms with Crippen molar-refractivity contribution in [1.29, 1.82) is 0 Å².